The Morgan fingerprint density at radius 3 is 2.17 bits per heavy atom. The third-order valence-electron chi connectivity index (χ3n) is 4.83. The van der Waals surface area contributed by atoms with Gasteiger partial charge in [0.1, 0.15) is 5.56 Å². The van der Waals surface area contributed by atoms with Gasteiger partial charge < -0.3 is 15.1 Å². The Balaban J connectivity index is 0.000000396. The van der Waals surface area contributed by atoms with Crippen molar-refractivity contribution in [3.05, 3.63) is 68.8 Å². The zero-order valence-electron chi connectivity index (χ0n) is 17.3. The number of halogens is 2. The zero-order chi connectivity index (χ0) is 22.3. The van der Waals surface area contributed by atoms with E-state index in [1.165, 1.54) is 19.6 Å². The molecular weight excluding hydrogens is 468 g/mol. The standard InChI is InChI=1S/C17H11BrClNO3.C6H15N/c18-10-3-6-13-12(8-10)15(17(22)23)16(21)14(20-13)7-9-1-4-11(19)5-2-9;1-4-7(5-2)6-3/h1-6,8,21H,7H2,(H,22,23);4-6H2,1-3H3. The summed E-state index contributed by atoms with van der Waals surface area (Å²) in [5, 5.41) is 20.8. The average Bonchev–Trinajstić information content (AvgIpc) is 2.72. The molecule has 7 heteroatoms. The largest absolute Gasteiger partial charge is 0.505 e. The molecule has 0 unspecified atom stereocenters. The average molecular weight is 494 g/mol. The minimum atomic E-state index is -1.19. The number of fused-ring (bicyclic) bond motifs is 1. The summed E-state index contributed by atoms with van der Waals surface area (Å²) in [7, 11) is 0. The SMILES string of the molecule is CCN(CC)CC.O=C(O)c1c(O)c(Cc2ccc(Cl)cc2)nc2ccc(Br)cc12. The van der Waals surface area contributed by atoms with E-state index in [0.29, 0.717) is 28.0 Å². The van der Waals surface area contributed by atoms with Crippen LogP contribution in [0.15, 0.2) is 46.9 Å². The highest BCUT2D eigenvalue weighted by Crippen LogP contribution is 2.32. The first kappa shape index (κ1) is 24.1. The molecule has 3 aromatic rings. The topological polar surface area (TPSA) is 73.7 Å². The van der Waals surface area contributed by atoms with Gasteiger partial charge in [-0.1, -0.05) is 60.4 Å². The summed E-state index contributed by atoms with van der Waals surface area (Å²) in [6.07, 6.45) is 0.315. The van der Waals surface area contributed by atoms with Gasteiger partial charge in [-0.15, -0.1) is 0 Å². The van der Waals surface area contributed by atoms with Crippen LogP contribution < -0.4 is 0 Å². The van der Waals surface area contributed by atoms with Crippen LogP contribution in [0, 0.1) is 0 Å². The zero-order valence-corrected chi connectivity index (χ0v) is 19.7. The van der Waals surface area contributed by atoms with Crippen LogP contribution in [0.1, 0.15) is 42.4 Å². The predicted molar refractivity (Wildman–Crippen MR) is 126 cm³/mol. The van der Waals surface area contributed by atoms with E-state index in [1.807, 2.05) is 12.1 Å². The highest BCUT2D eigenvalue weighted by Gasteiger charge is 2.20. The van der Waals surface area contributed by atoms with Crippen molar-refractivity contribution in [3.8, 4) is 5.75 Å². The van der Waals surface area contributed by atoms with Gasteiger partial charge in [-0.2, -0.15) is 0 Å². The maximum absolute atomic E-state index is 11.6. The number of pyridine rings is 1. The van der Waals surface area contributed by atoms with Gasteiger partial charge in [0.2, 0.25) is 0 Å². The van der Waals surface area contributed by atoms with Gasteiger partial charge in [0.05, 0.1) is 11.2 Å². The lowest BCUT2D eigenvalue weighted by Crippen LogP contribution is -2.21. The van der Waals surface area contributed by atoms with Crippen molar-refractivity contribution < 1.29 is 15.0 Å². The van der Waals surface area contributed by atoms with Crippen molar-refractivity contribution in [1.82, 2.24) is 9.88 Å². The summed E-state index contributed by atoms with van der Waals surface area (Å²) >= 11 is 9.16. The van der Waals surface area contributed by atoms with Crippen LogP contribution in [0.25, 0.3) is 10.9 Å². The van der Waals surface area contributed by atoms with Crippen LogP contribution in [-0.2, 0) is 6.42 Å². The van der Waals surface area contributed by atoms with Crippen molar-refractivity contribution in [2.45, 2.75) is 27.2 Å². The molecule has 0 aliphatic heterocycles. The Kier molecular flexibility index (Phi) is 9.08. The summed E-state index contributed by atoms with van der Waals surface area (Å²) < 4.78 is 0.721. The molecule has 2 aromatic carbocycles. The van der Waals surface area contributed by atoms with Crippen LogP contribution in [-0.4, -0.2) is 45.7 Å². The number of nitrogens with zero attached hydrogens (tertiary/aromatic N) is 2. The molecule has 0 saturated heterocycles. The molecule has 0 saturated carbocycles. The molecule has 1 aromatic heterocycles. The van der Waals surface area contributed by atoms with Crippen molar-refractivity contribution in [1.29, 1.82) is 0 Å². The van der Waals surface area contributed by atoms with E-state index in [4.69, 9.17) is 11.6 Å². The number of carboxylic acid groups (broad SMARTS) is 1. The summed E-state index contributed by atoms with van der Waals surface area (Å²) in [5.74, 6) is -1.50. The number of aromatic nitrogens is 1. The van der Waals surface area contributed by atoms with Crippen molar-refractivity contribution >= 4 is 44.4 Å². The second-order valence-electron chi connectivity index (χ2n) is 6.67. The van der Waals surface area contributed by atoms with Crippen LogP contribution in [0.3, 0.4) is 0 Å². The molecule has 0 fully saturated rings. The smallest absolute Gasteiger partial charge is 0.340 e. The molecule has 2 N–H and O–H groups in total. The lowest BCUT2D eigenvalue weighted by molar-refractivity contribution is 0.0695. The van der Waals surface area contributed by atoms with E-state index >= 15 is 0 Å². The molecule has 160 valence electrons. The number of benzene rings is 2. The summed E-state index contributed by atoms with van der Waals surface area (Å²) in [6.45, 7) is 10.1. The highest BCUT2D eigenvalue weighted by molar-refractivity contribution is 9.10. The maximum atomic E-state index is 11.6. The molecule has 30 heavy (non-hydrogen) atoms. The Morgan fingerprint density at radius 2 is 1.67 bits per heavy atom. The van der Waals surface area contributed by atoms with E-state index in [2.05, 4.69) is 46.6 Å². The molecule has 0 bridgehead atoms. The molecule has 0 radical (unpaired) electrons. The van der Waals surface area contributed by atoms with E-state index in [-0.39, 0.29) is 11.3 Å². The van der Waals surface area contributed by atoms with Gasteiger partial charge in [-0.25, -0.2) is 9.78 Å². The number of hydrogen-bond donors (Lipinski definition) is 2. The first-order valence-corrected chi connectivity index (χ1v) is 11.0. The Hall–Kier alpha value is -2.15. The fraction of sp³-hybridized carbons (Fsp3) is 0.304. The van der Waals surface area contributed by atoms with Crippen LogP contribution in [0.5, 0.6) is 5.75 Å². The number of rotatable bonds is 6. The van der Waals surface area contributed by atoms with Crippen molar-refractivity contribution in [2.24, 2.45) is 0 Å². The van der Waals surface area contributed by atoms with Crippen LogP contribution >= 0.6 is 27.5 Å². The van der Waals surface area contributed by atoms with Gasteiger partial charge in [0.25, 0.3) is 0 Å². The van der Waals surface area contributed by atoms with Crippen molar-refractivity contribution in [2.75, 3.05) is 19.6 Å². The lowest BCUT2D eigenvalue weighted by Gasteiger charge is -2.13. The lowest BCUT2D eigenvalue weighted by atomic mass is 10.0. The Labute approximate surface area is 190 Å². The number of carboxylic acids is 1. The minimum Gasteiger partial charge on any atom is -0.505 e. The minimum absolute atomic E-state index is 0.139. The monoisotopic (exact) mass is 492 g/mol. The number of hydrogen-bond acceptors (Lipinski definition) is 4. The molecule has 3 rings (SSSR count). The van der Waals surface area contributed by atoms with Crippen LogP contribution in [0.4, 0.5) is 0 Å². The molecule has 0 aliphatic rings. The Bertz CT molecular complexity index is 1000. The Morgan fingerprint density at radius 1 is 1.07 bits per heavy atom. The first-order valence-electron chi connectivity index (χ1n) is 9.81. The summed E-state index contributed by atoms with van der Waals surface area (Å²) in [6, 6.07) is 12.2. The van der Waals surface area contributed by atoms with E-state index in [1.54, 1.807) is 30.3 Å². The molecule has 0 amide bonds. The van der Waals surface area contributed by atoms with E-state index < -0.39 is 5.97 Å². The molecule has 0 atom stereocenters. The normalized spacial score (nSPS) is 10.7. The van der Waals surface area contributed by atoms with E-state index in [9.17, 15) is 15.0 Å². The predicted octanol–water partition coefficient (Wildman–Crippen LogP) is 5.99. The molecule has 0 spiro atoms. The fourth-order valence-corrected chi connectivity index (χ4v) is 3.57. The quantitative estimate of drug-likeness (QED) is 0.441. The maximum Gasteiger partial charge on any atom is 0.340 e. The van der Waals surface area contributed by atoms with Crippen LogP contribution in [0.2, 0.25) is 5.02 Å². The third kappa shape index (κ3) is 6.17. The highest BCUT2D eigenvalue weighted by atomic mass is 79.9. The van der Waals surface area contributed by atoms with Gasteiger partial charge in [-0.05, 0) is 55.5 Å². The summed E-state index contributed by atoms with van der Waals surface area (Å²) in [4.78, 5) is 18.4. The summed E-state index contributed by atoms with van der Waals surface area (Å²) in [5.41, 5.74) is 1.58. The molecule has 5 nitrogen and oxygen atoms in total. The fourth-order valence-electron chi connectivity index (χ4n) is 3.08. The number of aromatic hydroxyl groups is 1. The van der Waals surface area contributed by atoms with Gasteiger partial charge in [-0.3, -0.25) is 0 Å². The molecule has 0 aliphatic carbocycles. The third-order valence-corrected chi connectivity index (χ3v) is 5.58. The van der Waals surface area contributed by atoms with Crippen molar-refractivity contribution in [3.63, 3.8) is 0 Å². The number of carbonyl (C=O) groups is 1. The molecular formula is C23H26BrClN2O3. The van der Waals surface area contributed by atoms with E-state index in [0.717, 1.165) is 10.0 Å². The first-order chi connectivity index (χ1) is 14.3. The van der Waals surface area contributed by atoms with Gasteiger partial charge in [0, 0.05) is 21.3 Å². The number of aromatic carboxylic acids is 1. The van der Waals surface area contributed by atoms with Gasteiger partial charge in [0.15, 0.2) is 5.75 Å². The second-order valence-corrected chi connectivity index (χ2v) is 8.02. The second kappa shape index (κ2) is 11.3. The molecule has 1 heterocycles. The van der Waals surface area contributed by atoms with Gasteiger partial charge >= 0.3 is 5.97 Å².